The third kappa shape index (κ3) is 1.03. The van der Waals surface area contributed by atoms with Gasteiger partial charge in [-0.3, -0.25) is 0 Å². The monoisotopic (exact) mass is 113 g/mol. The Morgan fingerprint density at radius 2 is 1.50 bits per heavy atom. The Morgan fingerprint density at radius 1 is 1.12 bits per heavy atom. The predicted molar refractivity (Wildman–Crippen MR) is 35.5 cm³/mol. The van der Waals surface area contributed by atoms with Gasteiger partial charge >= 0.3 is 0 Å². The summed E-state index contributed by atoms with van der Waals surface area (Å²) in [5, 5.41) is 0. The highest BCUT2D eigenvalue weighted by Crippen LogP contribution is 2.29. The quantitative estimate of drug-likeness (QED) is 0.504. The smallest absolute Gasteiger partial charge is 0.00441 e. The Morgan fingerprint density at radius 3 is 1.62 bits per heavy atom. The van der Waals surface area contributed by atoms with Crippen molar-refractivity contribution in [3.05, 3.63) is 0 Å². The van der Waals surface area contributed by atoms with Crippen LogP contribution in [-0.2, 0) is 0 Å². The minimum atomic E-state index is 0.500. The summed E-state index contributed by atoms with van der Waals surface area (Å²) in [7, 11) is 0. The fourth-order valence-electron chi connectivity index (χ4n) is 1.52. The molecule has 1 heteroatoms. The summed E-state index contributed by atoms with van der Waals surface area (Å²) >= 11 is 0. The van der Waals surface area contributed by atoms with Gasteiger partial charge in [-0.1, -0.05) is 13.8 Å². The van der Waals surface area contributed by atoms with Gasteiger partial charge in [-0.15, -0.1) is 0 Å². The molecule has 1 nitrogen and oxygen atoms in total. The van der Waals surface area contributed by atoms with Crippen LogP contribution in [0, 0.1) is 11.8 Å². The summed E-state index contributed by atoms with van der Waals surface area (Å²) < 4.78 is 0. The van der Waals surface area contributed by atoms with Crippen LogP contribution in [0.1, 0.15) is 26.7 Å². The zero-order valence-corrected chi connectivity index (χ0v) is 5.72. The highest BCUT2D eigenvalue weighted by atomic mass is 14.7. The van der Waals surface area contributed by atoms with E-state index >= 15 is 0 Å². The first-order valence-electron chi connectivity index (χ1n) is 3.45. The van der Waals surface area contributed by atoms with Crippen LogP contribution < -0.4 is 5.73 Å². The molecule has 1 rings (SSSR count). The van der Waals surface area contributed by atoms with E-state index in [1.807, 2.05) is 0 Å². The molecule has 0 amide bonds. The van der Waals surface area contributed by atoms with Crippen molar-refractivity contribution in [2.24, 2.45) is 17.6 Å². The molecule has 0 bridgehead atoms. The van der Waals surface area contributed by atoms with E-state index in [0.717, 1.165) is 11.8 Å². The SMILES string of the molecule is CC1CC(N)C[C@H]1C. The predicted octanol–water partition coefficient (Wildman–Crippen LogP) is 1.38. The van der Waals surface area contributed by atoms with Crippen LogP contribution in [0.4, 0.5) is 0 Å². The van der Waals surface area contributed by atoms with Crippen molar-refractivity contribution in [2.45, 2.75) is 32.7 Å². The van der Waals surface area contributed by atoms with Gasteiger partial charge in [0.05, 0.1) is 0 Å². The van der Waals surface area contributed by atoms with E-state index in [-0.39, 0.29) is 0 Å². The van der Waals surface area contributed by atoms with E-state index in [1.165, 1.54) is 12.8 Å². The molecule has 3 atom stereocenters. The van der Waals surface area contributed by atoms with E-state index in [2.05, 4.69) is 13.8 Å². The number of rotatable bonds is 0. The molecule has 0 radical (unpaired) electrons. The first-order chi connectivity index (χ1) is 3.70. The van der Waals surface area contributed by atoms with Gasteiger partial charge in [-0.2, -0.15) is 0 Å². The zero-order valence-electron chi connectivity index (χ0n) is 5.72. The molecule has 1 aliphatic carbocycles. The second kappa shape index (κ2) is 2.06. The highest BCUT2D eigenvalue weighted by molar-refractivity contribution is 4.79. The van der Waals surface area contributed by atoms with Crippen LogP contribution >= 0.6 is 0 Å². The molecule has 0 aromatic rings. The molecular formula is C7H15N. The third-order valence-electron chi connectivity index (χ3n) is 2.32. The topological polar surface area (TPSA) is 26.0 Å². The molecule has 1 saturated carbocycles. The van der Waals surface area contributed by atoms with Gasteiger partial charge < -0.3 is 5.73 Å². The Balaban J connectivity index is 2.39. The van der Waals surface area contributed by atoms with E-state index < -0.39 is 0 Å². The summed E-state index contributed by atoms with van der Waals surface area (Å²) in [6.07, 6.45) is 2.47. The summed E-state index contributed by atoms with van der Waals surface area (Å²) in [5.74, 6) is 1.73. The fourth-order valence-corrected chi connectivity index (χ4v) is 1.52. The van der Waals surface area contributed by atoms with Gasteiger partial charge in [0.1, 0.15) is 0 Å². The van der Waals surface area contributed by atoms with Gasteiger partial charge in [-0.25, -0.2) is 0 Å². The maximum Gasteiger partial charge on any atom is 0.00441 e. The lowest BCUT2D eigenvalue weighted by molar-refractivity contribution is 0.457. The summed E-state index contributed by atoms with van der Waals surface area (Å²) in [6, 6.07) is 0.500. The van der Waals surface area contributed by atoms with Crippen LogP contribution in [0.5, 0.6) is 0 Å². The van der Waals surface area contributed by atoms with Gasteiger partial charge in [0.15, 0.2) is 0 Å². The maximum absolute atomic E-state index is 5.72. The van der Waals surface area contributed by atoms with Crippen molar-refractivity contribution in [3.63, 3.8) is 0 Å². The number of nitrogens with two attached hydrogens (primary N) is 1. The zero-order chi connectivity index (χ0) is 6.15. The van der Waals surface area contributed by atoms with E-state index in [0.29, 0.717) is 6.04 Å². The van der Waals surface area contributed by atoms with E-state index in [1.54, 1.807) is 0 Å². The van der Waals surface area contributed by atoms with Crippen molar-refractivity contribution in [2.75, 3.05) is 0 Å². The molecule has 0 aliphatic heterocycles. The van der Waals surface area contributed by atoms with Gasteiger partial charge in [0.25, 0.3) is 0 Å². The van der Waals surface area contributed by atoms with Crippen LogP contribution in [0.3, 0.4) is 0 Å². The summed E-state index contributed by atoms with van der Waals surface area (Å²) in [4.78, 5) is 0. The third-order valence-corrected chi connectivity index (χ3v) is 2.32. The lowest BCUT2D eigenvalue weighted by atomic mass is 10.0. The van der Waals surface area contributed by atoms with Crippen molar-refractivity contribution in [1.29, 1.82) is 0 Å². The van der Waals surface area contributed by atoms with Crippen molar-refractivity contribution >= 4 is 0 Å². The molecule has 2 unspecified atom stereocenters. The molecule has 2 N–H and O–H groups in total. The molecule has 0 aromatic carbocycles. The molecule has 0 spiro atoms. The molecule has 48 valence electrons. The second-order valence-electron chi connectivity index (χ2n) is 3.19. The molecule has 0 aromatic heterocycles. The number of hydrogen-bond donors (Lipinski definition) is 1. The molecule has 0 saturated heterocycles. The Bertz CT molecular complexity index is 70.5. The Hall–Kier alpha value is -0.0400. The second-order valence-corrected chi connectivity index (χ2v) is 3.19. The van der Waals surface area contributed by atoms with Crippen LogP contribution in [-0.4, -0.2) is 6.04 Å². The standard InChI is InChI=1S/C7H15N/c1-5-3-7(8)4-6(5)2/h5-7H,3-4,8H2,1-2H3/t5-,6?,7?/m1/s1. The lowest BCUT2D eigenvalue weighted by Gasteiger charge is -2.04. The lowest BCUT2D eigenvalue weighted by Crippen LogP contribution is -2.14. The molecule has 1 fully saturated rings. The molecule has 0 heterocycles. The van der Waals surface area contributed by atoms with E-state index in [4.69, 9.17) is 5.73 Å². The highest BCUT2D eigenvalue weighted by Gasteiger charge is 2.24. The first kappa shape index (κ1) is 6.09. The summed E-state index contributed by atoms with van der Waals surface area (Å²) in [6.45, 7) is 4.58. The number of hydrogen-bond acceptors (Lipinski definition) is 1. The fraction of sp³-hybridized carbons (Fsp3) is 1.00. The van der Waals surface area contributed by atoms with Gasteiger partial charge in [0, 0.05) is 6.04 Å². The van der Waals surface area contributed by atoms with Crippen molar-refractivity contribution in [3.8, 4) is 0 Å². The summed E-state index contributed by atoms with van der Waals surface area (Å²) in [5.41, 5.74) is 5.72. The van der Waals surface area contributed by atoms with Crippen LogP contribution in [0.25, 0.3) is 0 Å². The minimum absolute atomic E-state index is 0.500. The maximum atomic E-state index is 5.72. The first-order valence-corrected chi connectivity index (χ1v) is 3.45. The minimum Gasteiger partial charge on any atom is -0.328 e. The van der Waals surface area contributed by atoms with Crippen LogP contribution in [0.2, 0.25) is 0 Å². The Labute approximate surface area is 51.3 Å². The normalized spacial score (nSPS) is 47.6. The van der Waals surface area contributed by atoms with Crippen LogP contribution in [0.15, 0.2) is 0 Å². The van der Waals surface area contributed by atoms with Gasteiger partial charge in [0.2, 0.25) is 0 Å². The van der Waals surface area contributed by atoms with Crippen molar-refractivity contribution < 1.29 is 0 Å². The largest absolute Gasteiger partial charge is 0.328 e. The van der Waals surface area contributed by atoms with E-state index in [9.17, 15) is 0 Å². The molecule has 1 aliphatic rings. The Kier molecular flexibility index (Phi) is 1.57. The molecular weight excluding hydrogens is 98.1 g/mol. The average Bonchev–Trinajstić information content (AvgIpc) is 1.85. The van der Waals surface area contributed by atoms with Crippen molar-refractivity contribution in [1.82, 2.24) is 0 Å². The van der Waals surface area contributed by atoms with Gasteiger partial charge in [-0.05, 0) is 24.7 Å². The average molecular weight is 113 g/mol. The molecule has 8 heavy (non-hydrogen) atoms.